The minimum absolute atomic E-state index is 0.522. The Labute approximate surface area is 131 Å². The maximum absolute atomic E-state index is 3.88. The molecule has 0 spiro atoms. The fraction of sp³-hybridized carbons (Fsp3) is 1.00. The van der Waals surface area contributed by atoms with E-state index in [0.717, 1.165) is 23.1 Å². The highest BCUT2D eigenvalue weighted by Crippen LogP contribution is 2.39. The second-order valence-electron chi connectivity index (χ2n) is 8.08. The van der Waals surface area contributed by atoms with Gasteiger partial charge >= 0.3 is 0 Å². The lowest BCUT2D eigenvalue weighted by Crippen LogP contribution is -2.35. The van der Waals surface area contributed by atoms with Crippen molar-refractivity contribution in [3.8, 4) is 0 Å². The fourth-order valence-corrected chi connectivity index (χ4v) is 5.22. The van der Waals surface area contributed by atoms with Crippen molar-refractivity contribution in [1.29, 1.82) is 0 Å². The van der Waals surface area contributed by atoms with Crippen LogP contribution in [0, 0.1) is 17.3 Å². The largest absolute Gasteiger partial charge is 0.314 e. The molecule has 2 saturated carbocycles. The number of hydrogen-bond donors (Lipinski definition) is 1. The summed E-state index contributed by atoms with van der Waals surface area (Å²) in [5.74, 6) is 3.19. The fourth-order valence-electron chi connectivity index (χ4n) is 4.08. The average Bonchev–Trinajstić information content (AvgIpc) is 2.84. The zero-order valence-corrected chi connectivity index (χ0v) is 14.9. The molecule has 0 amide bonds. The molecule has 0 saturated heterocycles. The van der Waals surface area contributed by atoms with Crippen molar-refractivity contribution in [1.82, 2.24) is 5.32 Å². The van der Waals surface area contributed by atoms with Gasteiger partial charge in [0, 0.05) is 11.3 Å². The second kappa shape index (κ2) is 7.54. The lowest BCUT2D eigenvalue weighted by molar-refractivity contribution is 0.147. The van der Waals surface area contributed by atoms with Gasteiger partial charge in [-0.05, 0) is 74.5 Å². The van der Waals surface area contributed by atoms with Crippen molar-refractivity contribution in [2.24, 2.45) is 17.3 Å². The Kier molecular flexibility index (Phi) is 6.28. The molecule has 0 heterocycles. The van der Waals surface area contributed by atoms with Crippen LogP contribution < -0.4 is 5.32 Å². The monoisotopic (exact) mass is 297 g/mol. The number of thioether (sulfide) groups is 1. The number of nitrogens with one attached hydrogen (secondary N) is 1. The summed E-state index contributed by atoms with van der Waals surface area (Å²) in [5.41, 5.74) is 0.522. The van der Waals surface area contributed by atoms with Gasteiger partial charge in [0.1, 0.15) is 0 Å². The molecule has 2 atom stereocenters. The van der Waals surface area contributed by atoms with Gasteiger partial charge in [0.2, 0.25) is 0 Å². The van der Waals surface area contributed by atoms with E-state index >= 15 is 0 Å². The zero-order valence-electron chi connectivity index (χ0n) is 14.1. The Balaban J connectivity index is 1.62. The van der Waals surface area contributed by atoms with Crippen LogP contribution in [0.5, 0.6) is 0 Å². The summed E-state index contributed by atoms with van der Waals surface area (Å²) in [7, 11) is 0. The van der Waals surface area contributed by atoms with Crippen LogP contribution in [0.3, 0.4) is 0 Å². The van der Waals surface area contributed by atoms with E-state index in [9.17, 15) is 0 Å². The topological polar surface area (TPSA) is 12.0 Å². The van der Waals surface area contributed by atoms with Gasteiger partial charge in [-0.2, -0.15) is 11.8 Å². The SMILES string of the molecule is CCSC1CCC(NCC2CCC(C(C)(C)C)CC2)C1. The van der Waals surface area contributed by atoms with E-state index in [-0.39, 0.29) is 0 Å². The average molecular weight is 298 g/mol. The Hall–Kier alpha value is 0.310. The van der Waals surface area contributed by atoms with Gasteiger partial charge < -0.3 is 5.32 Å². The van der Waals surface area contributed by atoms with E-state index in [4.69, 9.17) is 0 Å². The highest BCUT2D eigenvalue weighted by molar-refractivity contribution is 7.99. The predicted molar refractivity (Wildman–Crippen MR) is 92.5 cm³/mol. The predicted octanol–water partition coefficient (Wildman–Crippen LogP) is 5.10. The summed E-state index contributed by atoms with van der Waals surface area (Å²) < 4.78 is 0. The smallest absolute Gasteiger partial charge is 0.00781 e. The number of rotatable bonds is 5. The van der Waals surface area contributed by atoms with Crippen LogP contribution in [0.2, 0.25) is 0 Å². The molecule has 2 unspecified atom stereocenters. The molecule has 118 valence electrons. The maximum Gasteiger partial charge on any atom is 0.00781 e. The summed E-state index contributed by atoms with van der Waals surface area (Å²) in [4.78, 5) is 0. The van der Waals surface area contributed by atoms with E-state index in [1.165, 1.54) is 57.2 Å². The first-order valence-electron chi connectivity index (χ1n) is 8.84. The highest BCUT2D eigenvalue weighted by Gasteiger charge is 2.30. The van der Waals surface area contributed by atoms with Crippen LogP contribution >= 0.6 is 11.8 Å². The molecule has 0 aromatic carbocycles. The third-order valence-corrected chi connectivity index (χ3v) is 6.79. The zero-order chi connectivity index (χ0) is 14.6. The summed E-state index contributed by atoms with van der Waals surface area (Å²) in [5, 5.41) is 4.82. The van der Waals surface area contributed by atoms with Gasteiger partial charge in [-0.1, -0.05) is 27.7 Å². The third-order valence-electron chi connectivity index (χ3n) is 5.55. The molecule has 2 aliphatic carbocycles. The molecule has 2 heteroatoms. The van der Waals surface area contributed by atoms with Gasteiger partial charge in [-0.3, -0.25) is 0 Å². The first-order valence-corrected chi connectivity index (χ1v) is 9.89. The summed E-state index contributed by atoms with van der Waals surface area (Å²) in [6.45, 7) is 10.8. The lowest BCUT2D eigenvalue weighted by atomic mass is 9.70. The Morgan fingerprint density at radius 2 is 1.70 bits per heavy atom. The number of hydrogen-bond acceptors (Lipinski definition) is 2. The van der Waals surface area contributed by atoms with Crippen LogP contribution in [0.15, 0.2) is 0 Å². The normalized spacial score (nSPS) is 35.4. The molecule has 1 nitrogen and oxygen atoms in total. The molecule has 2 aliphatic rings. The van der Waals surface area contributed by atoms with E-state index in [0.29, 0.717) is 5.41 Å². The lowest BCUT2D eigenvalue weighted by Gasteiger charge is -2.37. The minimum Gasteiger partial charge on any atom is -0.314 e. The first kappa shape index (κ1) is 16.7. The molecular weight excluding hydrogens is 262 g/mol. The van der Waals surface area contributed by atoms with E-state index < -0.39 is 0 Å². The highest BCUT2D eigenvalue weighted by atomic mass is 32.2. The molecule has 2 fully saturated rings. The van der Waals surface area contributed by atoms with Gasteiger partial charge in [0.05, 0.1) is 0 Å². The Morgan fingerprint density at radius 3 is 2.30 bits per heavy atom. The molecule has 20 heavy (non-hydrogen) atoms. The Morgan fingerprint density at radius 1 is 1.00 bits per heavy atom. The van der Waals surface area contributed by atoms with Crippen LogP contribution in [0.1, 0.15) is 72.6 Å². The van der Waals surface area contributed by atoms with E-state index in [1.807, 2.05) is 0 Å². The minimum atomic E-state index is 0.522. The van der Waals surface area contributed by atoms with Crippen molar-refractivity contribution in [3.63, 3.8) is 0 Å². The first-order chi connectivity index (χ1) is 9.49. The second-order valence-corrected chi connectivity index (χ2v) is 9.66. The van der Waals surface area contributed by atoms with E-state index in [1.54, 1.807) is 0 Å². The molecular formula is C18H35NS. The Bertz CT molecular complexity index is 276. The van der Waals surface area contributed by atoms with Crippen molar-refractivity contribution in [2.75, 3.05) is 12.3 Å². The summed E-state index contributed by atoms with van der Waals surface area (Å²) in [6.07, 6.45) is 10.1. The van der Waals surface area contributed by atoms with Gasteiger partial charge in [-0.15, -0.1) is 0 Å². The van der Waals surface area contributed by atoms with Crippen LogP contribution in [0.4, 0.5) is 0 Å². The van der Waals surface area contributed by atoms with Gasteiger partial charge in [0.15, 0.2) is 0 Å². The van der Waals surface area contributed by atoms with Crippen LogP contribution in [-0.2, 0) is 0 Å². The third kappa shape index (κ3) is 4.94. The summed E-state index contributed by atoms with van der Waals surface area (Å²) >= 11 is 2.17. The molecule has 2 rings (SSSR count). The van der Waals surface area contributed by atoms with Crippen LogP contribution in [0.25, 0.3) is 0 Å². The molecule has 0 bridgehead atoms. The van der Waals surface area contributed by atoms with Crippen molar-refractivity contribution in [2.45, 2.75) is 83.9 Å². The molecule has 1 N–H and O–H groups in total. The van der Waals surface area contributed by atoms with E-state index in [2.05, 4.69) is 44.8 Å². The van der Waals surface area contributed by atoms with Crippen molar-refractivity contribution < 1.29 is 0 Å². The van der Waals surface area contributed by atoms with Gasteiger partial charge in [-0.25, -0.2) is 0 Å². The molecule has 0 aromatic rings. The molecule has 0 aliphatic heterocycles. The molecule has 0 radical (unpaired) electrons. The van der Waals surface area contributed by atoms with Crippen molar-refractivity contribution in [3.05, 3.63) is 0 Å². The molecule has 0 aromatic heterocycles. The standard InChI is InChI=1S/C18H35NS/c1-5-20-17-11-10-16(12-17)19-13-14-6-8-15(9-7-14)18(2,3)4/h14-17,19H,5-13H2,1-4H3. The van der Waals surface area contributed by atoms with Crippen molar-refractivity contribution >= 4 is 11.8 Å². The van der Waals surface area contributed by atoms with Crippen LogP contribution in [-0.4, -0.2) is 23.6 Å². The quantitative estimate of drug-likeness (QED) is 0.757. The van der Waals surface area contributed by atoms with Gasteiger partial charge in [0.25, 0.3) is 0 Å². The maximum atomic E-state index is 3.88. The summed E-state index contributed by atoms with van der Waals surface area (Å²) in [6, 6.07) is 0.819.